The van der Waals surface area contributed by atoms with E-state index in [0.29, 0.717) is 11.3 Å². The largest absolute Gasteiger partial charge is 0.384 e. The van der Waals surface area contributed by atoms with E-state index < -0.39 is 0 Å². The summed E-state index contributed by atoms with van der Waals surface area (Å²) in [7, 11) is 3.89. The zero-order valence-corrected chi connectivity index (χ0v) is 10.8. The minimum Gasteiger partial charge on any atom is -0.384 e. The van der Waals surface area contributed by atoms with Crippen LogP contribution in [0.5, 0.6) is 0 Å². The molecule has 2 heteroatoms. The second-order valence-electron chi connectivity index (χ2n) is 5.33. The zero-order valence-electron chi connectivity index (χ0n) is 10.8. The first-order valence-electron chi connectivity index (χ1n) is 6.31. The van der Waals surface area contributed by atoms with Gasteiger partial charge in [0.15, 0.2) is 0 Å². The fourth-order valence-electron chi connectivity index (χ4n) is 3.25. The molecule has 1 atom stereocenters. The van der Waals surface area contributed by atoms with E-state index in [1.54, 1.807) is 0 Å². The molecule has 0 spiro atoms. The number of nitrogens with one attached hydrogen (secondary N) is 1. The van der Waals surface area contributed by atoms with Crippen molar-refractivity contribution in [2.75, 3.05) is 27.3 Å². The Hall–Kier alpha value is -0.0800. The van der Waals surface area contributed by atoms with Crippen LogP contribution in [0.3, 0.4) is 0 Å². The van der Waals surface area contributed by atoms with Crippen molar-refractivity contribution in [3.05, 3.63) is 0 Å². The average Bonchev–Trinajstić information content (AvgIpc) is 2.70. The van der Waals surface area contributed by atoms with Crippen LogP contribution in [-0.2, 0) is 4.74 Å². The average molecular weight is 213 g/mol. The molecule has 0 aromatic rings. The maximum atomic E-state index is 5.49. The van der Waals surface area contributed by atoms with E-state index in [-0.39, 0.29) is 0 Å². The Balaban J connectivity index is 2.78. The van der Waals surface area contributed by atoms with Crippen LogP contribution in [0, 0.1) is 17.3 Å². The van der Waals surface area contributed by atoms with Crippen LogP contribution in [0.15, 0.2) is 0 Å². The Morgan fingerprint density at radius 2 is 1.93 bits per heavy atom. The number of hydrogen-bond acceptors (Lipinski definition) is 2. The van der Waals surface area contributed by atoms with Gasteiger partial charge in [-0.15, -0.1) is 0 Å². The molecule has 0 aliphatic heterocycles. The van der Waals surface area contributed by atoms with E-state index in [0.717, 1.165) is 19.1 Å². The molecule has 1 aliphatic carbocycles. The van der Waals surface area contributed by atoms with Crippen LogP contribution < -0.4 is 5.32 Å². The molecule has 1 unspecified atom stereocenters. The van der Waals surface area contributed by atoms with Gasteiger partial charge in [0.25, 0.3) is 0 Å². The van der Waals surface area contributed by atoms with E-state index >= 15 is 0 Å². The van der Waals surface area contributed by atoms with Gasteiger partial charge in [0.2, 0.25) is 0 Å². The van der Waals surface area contributed by atoms with Crippen LogP contribution in [0.2, 0.25) is 0 Å². The van der Waals surface area contributed by atoms with Gasteiger partial charge in [-0.25, -0.2) is 0 Å². The Morgan fingerprint density at radius 3 is 2.33 bits per heavy atom. The molecule has 1 fully saturated rings. The van der Waals surface area contributed by atoms with Crippen LogP contribution in [0.1, 0.15) is 39.5 Å². The SMILES string of the molecule is CNCC(COC)(C(C)C)C1CCCC1. The van der Waals surface area contributed by atoms with Crippen molar-refractivity contribution in [2.45, 2.75) is 39.5 Å². The first-order valence-corrected chi connectivity index (χ1v) is 6.31. The predicted octanol–water partition coefficient (Wildman–Crippen LogP) is 2.68. The standard InChI is InChI=1S/C13H27NO/c1-11(2)13(9-14-3,10-15-4)12-7-5-6-8-12/h11-12,14H,5-10H2,1-4H3. The summed E-state index contributed by atoms with van der Waals surface area (Å²) in [6.45, 7) is 6.67. The van der Waals surface area contributed by atoms with Crippen molar-refractivity contribution < 1.29 is 4.74 Å². The highest BCUT2D eigenvalue weighted by Crippen LogP contribution is 2.44. The van der Waals surface area contributed by atoms with E-state index in [1.807, 2.05) is 7.11 Å². The fourth-order valence-corrected chi connectivity index (χ4v) is 3.25. The second-order valence-corrected chi connectivity index (χ2v) is 5.33. The van der Waals surface area contributed by atoms with Gasteiger partial charge >= 0.3 is 0 Å². The third-order valence-electron chi connectivity index (χ3n) is 4.24. The zero-order chi connectivity index (χ0) is 11.3. The Morgan fingerprint density at radius 1 is 1.33 bits per heavy atom. The number of ether oxygens (including phenoxy) is 1. The highest BCUT2D eigenvalue weighted by Gasteiger charge is 2.42. The topological polar surface area (TPSA) is 21.3 Å². The molecule has 1 aliphatic rings. The van der Waals surface area contributed by atoms with E-state index in [1.165, 1.54) is 25.7 Å². The summed E-state index contributed by atoms with van der Waals surface area (Å²) in [4.78, 5) is 0. The Labute approximate surface area is 94.8 Å². The summed E-state index contributed by atoms with van der Waals surface area (Å²) >= 11 is 0. The molecule has 15 heavy (non-hydrogen) atoms. The van der Waals surface area contributed by atoms with E-state index in [2.05, 4.69) is 26.2 Å². The molecule has 0 amide bonds. The van der Waals surface area contributed by atoms with Crippen molar-refractivity contribution >= 4 is 0 Å². The monoisotopic (exact) mass is 213 g/mol. The molecule has 0 aromatic heterocycles. The maximum absolute atomic E-state index is 5.49. The van der Waals surface area contributed by atoms with Gasteiger partial charge in [0.1, 0.15) is 0 Å². The smallest absolute Gasteiger partial charge is 0.0535 e. The number of hydrogen-bond donors (Lipinski definition) is 1. The summed E-state index contributed by atoms with van der Waals surface area (Å²) in [6.07, 6.45) is 5.60. The molecule has 0 radical (unpaired) electrons. The molecule has 1 rings (SSSR count). The third kappa shape index (κ3) is 2.73. The number of methoxy groups -OCH3 is 1. The van der Waals surface area contributed by atoms with Crippen molar-refractivity contribution in [1.82, 2.24) is 5.32 Å². The van der Waals surface area contributed by atoms with E-state index in [4.69, 9.17) is 4.74 Å². The molecule has 0 saturated heterocycles. The Kier molecular flexibility index (Phi) is 5.07. The first-order chi connectivity index (χ1) is 7.17. The van der Waals surface area contributed by atoms with Gasteiger partial charge in [0.05, 0.1) is 6.61 Å². The minimum absolute atomic E-state index is 0.347. The summed E-state index contributed by atoms with van der Waals surface area (Å²) in [5, 5.41) is 3.37. The van der Waals surface area contributed by atoms with Gasteiger partial charge < -0.3 is 10.1 Å². The quantitative estimate of drug-likeness (QED) is 0.732. The summed E-state index contributed by atoms with van der Waals surface area (Å²) in [5.74, 6) is 1.54. The molecule has 0 aromatic carbocycles. The highest BCUT2D eigenvalue weighted by molar-refractivity contribution is 4.92. The van der Waals surface area contributed by atoms with Gasteiger partial charge in [-0.05, 0) is 31.7 Å². The summed E-state index contributed by atoms with van der Waals surface area (Å²) in [5.41, 5.74) is 0.347. The summed E-state index contributed by atoms with van der Waals surface area (Å²) < 4.78 is 5.49. The maximum Gasteiger partial charge on any atom is 0.0535 e. The van der Waals surface area contributed by atoms with Crippen molar-refractivity contribution in [2.24, 2.45) is 17.3 Å². The van der Waals surface area contributed by atoms with Crippen molar-refractivity contribution in [3.63, 3.8) is 0 Å². The van der Waals surface area contributed by atoms with Gasteiger partial charge in [0, 0.05) is 19.1 Å². The predicted molar refractivity (Wildman–Crippen MR) is 65.0 cm³/mol. The lowest BCUT2D eigenvalue weighted by atomic mass is 9.67. The number of rotatable bonds is 6. The fraction of sp³-hybridized carbons (Fsp3) is 1.00. The molecule has 90 valence electrons. The molecule has 0 heterocycles. The van der Waals surface area contributed by atoms with Gasteiger partial charge in [-0.1, -0.05) is 26.7 Å². The van der Waals surface area contributed by atoms with Gasteiger partial charge in [-0.3, -0.25) is 0 Å². The highest BCUT2D eigenvalue weighted by atomic mass is 16.5. The molecule has 0 bridgehead atoms. The van der Waals surface area contributed by atoms with Crippen molar-refractivity contribution in [1.29, 1.82) is 0 Å². The first kappa shape index (κ1) is 13.0. The lowest BCUT2D eigenvalue weighted by molar-refractivity contribution is -0.00321. The molecular weight excluding hydrogens is 186 g/mol. The lowest BCUT2D eigenvalue weighted by Gasteiger charge is -2.42. The van der Waals surface area contributed by atoms with Gasteiger partial charge in [-0.2, -0.15) is 0 Å². The summed E-state index contributed by atoms with van der Waals surface area (Å²) in [6, 6.07) is 0. The molecule has 2 nitrogen and oxygen atoms in total. The third-order valence-corrected chi connectivity index (χ3v) is 4.24. The van der Waals surface area contributed by atoms with Crippen LogP contribution in [-0.4, -0.2) is 27.3 Å². The second kappa shape index (κ2) is 5.86. The lowest BCUT2D eigenvalue weighted by Crippen LogP contribution is -2.46. The molecule has 1 N–H and O–H groups in total. The Bertz CT molecular complexity index is 167. The van der Waals surface area contributed by atoms with Crippen LogP contribution in [0.25, 0.3) is 0 Å². The van der Waals surface area contributed by atoms with E-state index in [9.17, 15) is 0 Å². The van der Waals surface area contributed by atoms with Crippen molar-refractivity contribution in [3.8, 4) is 0 Å². The molecular formula is C13H27NO. The van der Waals surface area contributed by atoms with Crippen LogP contribution in [0.4, 0.5) is 0 Å². The normalized spacial score (nSPS) is 22.2. The molecule has 1 saturated carbocycles. The minimum atomic E-state index is 0.347. The van der Waals surface area contributed by atoms with Crippen LogP contribution >= 0.6 is 0 Å².